The average Bonchev–Trinajstić information content (AvgIpc) is 2.24. The minimum Gasteiger partial charge on any atom is -0.403 e. The van der Waals surface area contributed by atoms with Gasteiger partial charge in [0.05, 0.1) is 17.1 Å². The van der Waals surface area contributed by atoms with Gasteiger partial charge in [0.2, 0.25) is 0 Å². The Kier molecular flexibility index (Phi) is 4.75. The molecular weight excluding hydrogens is 339 g/mol. The Hall–Kier alpha value is -1.22. The van der Waals surface area contributed by atoms with E-state index in [1.54, 1.807) is 0 Å². The van der Waals surface area contributed by atoms with Crippen LogP contribution in [0.1, 0.15) is 21.7 Å². The predicted octanol–water partition coefficient (Wildman–Crippen LogP) is 4.12. The molecule has 0 fully saturated rings. The van der Waals surface area contributed by atoms with E-state index >= 15 is 0 Å². The van der Waals surface area contributed by atoms with Crippen molar-refractivity contribution in [1.82, 2.24) is 4.98 Å². The molecule has 11 heteroatoms. The third kappa shape index (κ3) is 4.14. The van der Waals surface area contributed by atoms with Gasteiger partial charge in [-0.3, -0.25) is 4.79 Å². The summed E-state index contributed by atoms with van der Waals surface area (Å²) in [5.74, 6) is -2.33. The molecule has 0 aliphatic heterocycles. The molecule has 0 aromatic carbocycles. The summed E-state index contributed by atoms with van der Waals surface area (Å²) in [4.78, 5) is 13.8. The van der Waals surface area contributed by atoms with Crippen LogP contribution in [0.25, 0.3) is 0 Å². The minimum atomic E-state index is -5.39. The van der Waals surface area contributed by atoms with E-state index in [2.05, 4.69) is 9.72 Å². The second-order valence-corrected chi connectivity index (χ2v) is 3.89. The zero-order valence-corrected chi connectivity index (χ0v) is 10.6. The number of carbonyl (C=O) groups is 1. The number of pyridine rings is 1. The number of rotatable bonds is 3. The number of alkyl halides is 7. The SMILES string of the molecule is O=C(Cl)c1cc(OC(F)(F)F)c(C(F)(F)F)nc1CCl. The third-order valence-corrected chi connectivity index (χ3v) is 2.36. The first-order valence-corrected chi connectivity index (χ1v) is 5.49. The Morgan fingerprint density at radius 2 is 1.80 bits per heavy atom. The maximum absolute atomic E-state index is 12.6. The Bertz CT molecular complexity index is 528. The fourth-order valence-electron chi connectivity index (χ4n) is 1.21. The van der Waals surface area contributed by atoms with Crippen molar-refractivity contribution in [2.24, 2.45) is 0 Å². The van der Waals surface area contributed by atoms with Crippen molar-refractivity contribution in [3.63, 3.8) is 0 Å². The minimum absolute atomic E-state index is 0.205. The second kappa shape index (κ2) is 5.65. The van der Waals surface area contributed by atoms with Crippen molar-refractivity contribution in [2.45, 2.75) is 18.4 Å². The van der Waals surface area contributed by atoms with Crippen molar-refractivity contribution in [3.05, 3.63) is 23.0 Å². The van der Waals surface area contributed by atoms with Crippen LogP contribution in [0.4, 0.5) is 26.3 Å². The zero-order valence-electron chi connectivity index (χ0n) is 9.07. The van der Waals surface area contributed by atoms with Crippen LogP contribution in [0.5, 0.6) is 5.75 Å². The van der Waals surface area contributed by atoms with Crippen LogP contribution in [0.2, 0.25) is 0 Å². The molecule has 0 N–H and O–H groups in total. The summed E-state index contributed by atoms with van der Waals surface area (Å²) < 4.78 is 77.2. The van der Waals surface area contributed by atoms with Crippen LogP contribution in [0, 0.1) is 0 Å². The molecule has 1 heterocycles. The molecular formula is C9H3Cl2F6NO2. The number of halogens is 8. The number of hydrogen-bond donors (Lipinski definition) is 0. The van der Waals surface area contributed by atoms with Crippen LogP contribution in [-0.2, 0) is 12.1 Å². The largest absolute Gasteiger partial charge is 0.573 e. The highest BCUT2D eigenvalue weighted by molar-refractivity contribution is 6.68. The number of carbonyl (C=O) groups excluding carboxylic acids is 1. The van der Waals surface area contributed by atoms with E-state index in [1.165, 1.54) is 0 Å². The van der Waals surface area contributed by atoms with Crippen molar-refractivity contribution < 1.29 is 35.9 Å². The third-order valence-electron chi connectivity index (χ3n) is 1.90. The van der Waals surface area contributed by atoms with Gasteiger partial charge in [-0.05, 0) is 17.7 Å². The topological polar surface area (TPSA) is 39.2 Å². The molecule has 20 heavy (non-hydrogen) atoms. The number of ether oxygens (including phenoxy) is 1. The van der Waals surface area contributed by atoms with E-state index in [-0.39, 0.29) is 6.07 Å². The molecule has 1 aromatic rings. The van der Waals surface area contributed by atoms with E-state index in [4.69, 9.17) is 23.2 Å². The Labute approximate surface area is 117 Å². The molecule has 3 nitrogen and oxygen atoms in total. The molecule has 0 spiro atoms. The lowest BCUT2D eigenvalue weighted by Crippen LogP contribution is -2.22. The van der Waals surface area contributed by atoms with Crippen molar-refractivity contribution in [3.8, 4) is 5.75 Å². The van der Waals surface area contributed by atoms with E-state index < -0.39 is 46.4 Å². The van der Waals surface area contributed by atoms with E-state index in [0.717, 1.165) is 0 Å². The lowest BCUT2D eigenvalue weighted by molar-refractivity contribution is -0.276. The van der Waals surface area contributed by atoms with Crippen LogP contribution in [-0.4, -0.2) is 16.6 Å². The van der Waals surface area contributed by atoms with Gasteiger partial charge in [0.1, 0.15) is 0 Å². The Morgan fingerprint density at radius 1 is 1.25 bits per heavy atom. The molecule has 1 rings (SSSR count). The lowest BCUT2D eigenvalue weighted by atomic mass is 10.2. The highest BCUT2D eigenvalue weighted by Gasteiger charge is 2.42. The van der Waals surface area contributed by atoms with Crippen LogP contribution >= 0.6 is 23.2 Å². The lowest BCUT2D eigenvalue weighted by Gasteiger charge is -2.16. The summed E-state index contributed by atoms with van der Waals surface area (Å²) in [6.45, 7) is 0. The zero-order chi connectivity index (χ0) is 15.7. The summed E-state index contributed by atoms with van der Waals surface area (Å²) in [6, 6.07) is 0.205. The van der Waals surface area contributed by atoms with Gasteiger partial charge in [-0.2, -0.15) is 13.2 Å². The Balaban J connectivity index is 3.52. The fraction of sp³-hybridized carbons (Fsp3) is 0.333. The van der Waals surface area contributed by atoms with E-state index in [9.17, 15) is 31.1 Å². The predicted molar refractivity (Wildman–Crippen MR) is 55.7 cm³/mol. The highest BCUT2D eigenvalue weighted by atomic mass is 35.5. The number of nitrogens with zero attached hydrogens (tertiary/aromatic N) is 1. The molecule has 112 valence electrons. The maximum Gasteiger partial charge on any atom is 0.573 e. The molecule has 0 saturated heterocycles. The molecule has 0 bridgehead atoms. The standard InChI is InChI=1S/C9H3Cl2F6NO2/c10-2-4-3(7(11)19)1-5(20-9(15,16)17)6(18-4)8(12,13)14/h1H,2H2. The van der Waals surface area contributed by atoms with Gasteiger partial charge in [0, 0.05) is 0 Å². The van der Waals surface area contributed by atoms with Gasteiger partial charge in [-0.25, -0.2) is 4.98 Å². The van der Waals surface area contributed by atoms with Crippen molar-refractivity contribution in [1.29, 1.82) is 0 Å². The quantitative estimate of drug-likeness (QED) is 0.471. The first-order chi connectivity index (χ1) is 8.95. The molecule has 0 atom stereocenters. The second-order valence-electron chi connectivity index (χ2n) is 3.28. The van der Waals surface area contributed by atoms with Crippen molar-refractivity contribution >= 4 is 28.4 Å². The molecule has 1 aromatic heterocycles. The molecule has 0 radical (unpaired) electrons. The highest BCUT2D eigenvalue weighted by Crippen LogP contribution is 2.38. The van der Waals surface area contributed by atoms with Gasteiger partial charge in [0.15, 0.2) is 11.4 Å². The molecule has 0 unspecified atom stereocenters. The summed E-state index contributed by atoms with van der Waals surface area (Å²) in [7, 11) is 0. The maximum atomic E-state index is 12.6. The summed E-state index contributed by atoms with van der Waals surface area (Å²) in [5.41, 5.74) is -3.26. The van der Waals surface area contributed by atoms with Crippen LogP contribution in [0.15, 0.2) is 6.07 Å². The van der Waals surface area contributed by atoms with Crippen LogP contribution < -0.4 is 4.74 Å². The number of hydrogen-bond acceptors (Lipinski definition) is 3. The van der Waals surface area contributed by atoms with Gasteiger partial charge in [-0.1, -0.05) is 0 Å². The summed E-state index contributed by atoms with van der Waals surface area (Å²) >= 11 is 10.3. The van der Waals surface area contributed by atoms with E-state index in [1.807, 2.05) is 0 Å². The first-order valence-electron chi connectivity index (χ1n) is 4.58. The first kappa shape index (κ1) is 16.8. The summed E-state index contributed by atoms with van der Waals surface area (Å²) in [6.07, 6.45) is -10.6. The Morgan fingerprint density at radius 3 is 2.15 bits per heavy atom. The molecule has 0 amide bonds. The number of aromatic nitrogens is 1. The van der Waals surface area contributed by atoms with Gasteiger partial charge in [-0.15, -0.1) is 24.8 Å². The normalized spacial score (nSPS) is 12.4. The fourth-order valence-corrected chi connectivity index (χ4v) is 1.58. The van der Waals surface area contributed by atoms with Gasteiger partial charge in [0.25, 0.3) is 5.24 Å². The monoisotopic (exact) mass is 341 g/mol. The van der Waals surface area contributed by atoms with Gasteiger partial charge >= 0.3 is 12.5 Å². The van der Waals surface area contributed by atoms with Crippen molar-refractivity contribution in [2.75, 3.05) is 0 Å². The smallest absolute Gasteiger partial charge is 0.403 e. The molecule has 0 aliphatic rings. The van der Waals surface area contributed by atoms with Gasteiger partial charge < -0.3 is 4.74 Å². The average molecular weight is 342 g/mol. The van der Waals surface area contributed by atoms with E-state index in [0.29, 0.717) is 0 Å². The van der Waals surface area contributed by atoms with Crippen LogP contribution in [0.3, 0.4) is 0 Å². The molecule has 0 aliphatic carbocycles. The molecule has 0 saturated carbocycles. The summed E-state index contributed by atoms with van der Waals surface area (Å²) in [5, 5.41) is -1.31.